The number of hydrogen-bond acceptors (Lipinski definition) is 3. The molecule has 2 rings (SSSR count). The molecule has 0 aliphatic carbocycles. The molecule has 19 heavy (non-hydrogen) atoms. The predicted molar refractivity (Wildman–Crippen MR) is 76.7 cm³/mol. The van der Waals surface area contributed by atoms with Crippen molar-refractivity contribution < 1.29 is 9.53 Å². The number of imidazole rings is 1. The van der Waals surface area contributed by atoms with Gasteiger partial charge in [0.1, 0.15) is 5.75 Å². The summed E-state index contributed by atoms with van der Waals surface area (Å²) in [5.41, 5.74) is 7.13. The molecule has 6 heteroatoms. The third-order valence-electron chi connectivity index (χ3n) is 3.04. The monoisotopic (exact) mass is 279 g/mol. The minimum atomic E-state index is -0.260. The minimum Gasteiger partial charge on any atom is -0.497 e. The van der Waals surface area contributed by atoms with E-state index < -0.39 is 0 Å². The van der Waals surface area contributed by atoms with E-state index in [1.165, 1.54) is 0 Å². The Morgan fingerprint density at radius 1 is 1.47 bits per heavy atom. The summed E-state index contributed by atoms with van der Waals surface area (Å²) in [5, 5.41) is 0. The fourth-order valence-electron chi connectivity index (χ4n) is 2.05. The number of methoxy groups -OCH3 is 1. The van der Waals surface area contributed by atoms with Crippen molar-refractivity contribution in [2.75, 3.05) is 7.11 Å². The standard InChI is InChI=1S/C13H17N3O2S/c1-18-9-5-6-10-11(8-9)16(13(19)15-10)7-3-2-4-12(14)17/h5-6,8H,2-4,7H2,1H3,(H2,14,17)(H,15,19). The number of unbranched alkanes of at least 4 members (excludes halogenated alkanes) is 1. The molecule has 1 aromatic heterocycles. The Kier molecular flexibility index (Phi) is 4.21. The zero-order valence-electron chi connectivity index (χ0n) is 10.8. The lowest BCUT2D eigenvalue weighted by Crippen LogP contribution is -2.10. The number of aromatic nitrogens is 2. The van der Waals surface area contributed by atoms with Crippen LogP contribution in [0.25, 0.3) is 11.0 Å². The zero-order chi connectivity index (χ0) is 13.8. The van der Waals surface area contributed by atoms with Crippen LogP contribution in [0.3, 0.4) is 0 Å². The van der Waals surface area contributed by atoms with Gasteiger partial charge in [-0.25, -0.2) is 0 Å². The first-order valence-electron chi connectivity index (χ1n) is 6.16. The molecule has 102 valence electrons. The number of aromatic amines is 1. The molecule has 0 aliphatic rings. The molecule has 0 bridgehead atoms. The van der Waals surface area contributed by atoms with Crippen LogP contribution in [-0.2, 0) is 11.3 Å². The lowest BCUT2D eigenvalue weighted by Gasteiger charge is -2.05. The van der Waals surface area contributed by atoms with Gasteiger partial charge in [-0.1, -0.05) is 0 Å². The van der Waals surface area contributed by atoms with Gasteiger partial charge in [-0.05, 0) is 37.2 Å². The smallest absolute Gasteiger partial charge is 0.217 e. The van der Waals surface area contributed by atoms with E-state index >= 15 is 0 Å². The fourth-order valence-corrected chi connectivity index (χ4v) is 2.35. The predicted octanol–water partition coefficient (Wildman–Crippen LogP) is 2.36. The number of carbonyl (C=O) groups is 1. The molecule has 2 aromatic rings. The first kappa shape index (κ1) is 13.6. The Balaban J connectivity index is 2.19. The first-order chi connectivity index (χ1) is 9.11. The number of ether oxygens (including phenoxy) is 1. The van der Waals surface area contributed by atoms with Gasteiger partial charge >= 0.3 is 0 Å². The molecule has 0 fully saturated rings. The van der Waals surface area contributed by atoms with Crippen LogP contribution in [0.1, 0.15) is 19.3 Å². The Morgan fingerprint density at radius 2 is 2.26 bits per heavy atom. The number of nitrogens with one attached hydrogen (secondary N) is 1. The van der Waals surface area contributed by atoms with Crippen molar-refractivity contribution in [2.24, 2.45) is 5.73 Å². The van der Waals surface area contributed by atoms with Gasteiger partial charge in [0.25, 0.3) is 0 Å². The molecular weight excluding hydrogens is 262 g/mol. The molecule has 0 spiro atoms. The molecule has 0 saturated heterocycles. The highest BCUT2D eigenvalue weighted by Gasteiger charge is 2.06. The number of carbonyl (C=O) groups excluding carboxylic acids is 1. The molecule has 3 N–H and O–H groups in total. The second-order valence-corrected chi connectivity index (χ2v) is 4.77. The quantitative estimate of drug-likeness (QED) is 0.630. The minimum absolute atomic E-state index is 0.260. The van der Waals surface area contributed by atoms with E-state index in [2.05, 4.69) is 4.98 Å². The van der Waals surface area contributed by atoms with Crippen LogP contribution in [0, 0.1) is 4.77 Å². The number of H-pyrrole nitrogens is 1. The molecule has 0 unspecified atom stereocenters. The number of nitrogens with two attached hydrogens (primary N) is 1. The highest BCUT2D eigenvalue weighted by molar-refractivity contribution is 7.71. The SMILES string of the molecule is COc1ccc2[nH]c(=S)n(CCCCC(N)=O)c2c1. The molecular formula is C13H17N3O2S. The van der Waals surface area contributed by atoms with Crippen molar-refractivity contribution in [1.29, 1.82) is 0 Å². The van der Waals surface area contributed by atoms with E-state index in [4.69, 9.17) is 22.7 Å². The topological polar surface area (TPSA) is 73.0 Å². The van der Waals surface area contributed by atoms with Crippen LogP contribution >= 0.6 is 12.2 Å². The number of aryl methyl sites for hydroxylation is 1. The zero-order valence-corrected chi connectivity index (χ0v) is 11.6. The average molecular weight is 279 g/mol. The Morgan fingerprint density at radius 3 is 2.95 bits per heavy atom. The van der Waals surface area contributed by atoms with E-state index in [-0.39, 0.29) is 5.91 Å². The third kappa shape index (κ3) is 3.14. The average Bonchev–Trinajstić information content (AvgIpc) is 2.69. The maximum absolute atomic E-state index is 10.7. The fraction of sp³-hybridized carbons (Fsp3) is 0.385. The van der Waals surface area contributed by atoms with Crippen LogP contribution < -0.4 is 10.5 Å². The molecule has 1 heterocycles. The van der Waals surface area contributed by atoms with Gasteiger partial charge in [-0.15, -0.1) is 0 Å². The summed E-state index contributed by atoms with van der Waals surface area (Å²) in [5.74, 6) is 0.538. The van der Waals surface area contributed by atoms with Crippen LogP contribution in [0.2, 0.25) is 0 Å². The van der Waals surface area contributed by atoms with E-state index in [0.717, 1.165) is 36.2 Å². The third-order valence-corrected chi connectivity index (χ3v) is 3.36. The Hall–Kier alpha value is -1.82. The molecule has 1 aromatic carbocycles. The number of nitrogens with zero attached hydrogens (tertiary/aromatic N) is 1. The van der Waals surface area contributed by atoms with Crippen molar-refractivity contribution in [3.63, 3.8) is 0 Å². The number of rotatable bonds is 6. The largest absolute Gasteiger partial charge is 0.497 e. The number of fused-ring (bicyclic) bond motifs is 1. The van der Waals surface area contributed by atoms with Gasteiger partial charge in [0.2, 0.25) is 5.91 Å². The van der Waals surface area contributed by atoms with E-state index in [9.17, 15) is 4.79 Å². The first-order valence-corrected chi connectivity index (χ1v) is 6.57. The van der Waals surface area contributed by atoms with Gasteiger partial charge in [-0.3, -0.25) is 4.79 Å². The maximum Gasteiger partial charge on any atom is 0.217 e. The number of benzene rings is 1. The lowest BCUT2D eigenvalue weighted by atomic mass is 10.2. The van der Waals surface area contributed by atoms with E-state index in [1.807, 2.05) is 22.8 Å². The number of amides is 1. The second-order valence-electron chi connectivity index (χ2n) is 4.39. The summed E-state index contributed by atoms with van der Waals surface area (Å²) in [7, 11) is 1.64. The van der Waals surface area contributed by atoms with Crippen LogP contribution in [0.4, 0.5) is 0 Å². The summed E-state index contributed by atoms with van der Waals surface area (Å²) >= 11 is 5.31. The van der Waals surface area contributed by atoms with E-state index in [1.54, 1.807) is 7.11 Å². The molecule has 5 nitrogen and oxygen atoms in total. The molecule has 0 atom stereocenters. The summed E-state index contributed by atoms with van der Waals surface area (Å²) in [6, 6.07) is 5.80. The molecule has 0 saturated carbocycles. The van der Waals surface area contributed by atoms with Crippen LogP contribution in [0.15, 0.2) is 18.2 Å². The highest BCUT2D eigenvalue weighted by atomic mass is 32.1. The molecule has 0 aliphatic heterocycles. The van der Waals surface area contributed by atoms with Gasteiger partial charge in [0, 0.05) is 19.0 Å². The summed E-state index contributed by atoms with van der Waals surface area (Å²) < 4.78 is 7.93. The summed E-state index contributed by atoms with van der Waals surface area (Å²) in [4.78, 5) is 13.9. The molecule has 1 amide bonds. The van der Waals surface area contributed by atoms with Crippen molar-refractivity contribution >= 4 is 29.2 Å². The number of hydrogen-bond donors (Lipinski definition) is 2. The normalized spacial score (nSPS) is 10.8. The Bertz CT molecular complexity index is 645. The van der Waals surface area contributed by atoms with Gasteiger partial charge in [-0.2, -0.15) is 0 Å². The van der Waals surface area contributed by atoms with Crippen LogP contribution in [-0.4, -0.2) is 22.6 Å². The van der Waals surface area contributed by atoms with Gasteiger partial charge in [0.05, 0.1) is 18.1 Å². The van der Waals surface area contributed by atoms with Crippen molar-refractivity contribution in [1.82, 2.24) is 9.55 Å². The lowest BCUT2D eigenvalue weighted by molar-refractivity contribution is -0.118. The summed E-state index contributed by atoms with van der Waals surface area (Å²) in [6.07, 6.45) is 2.05. The number of primary amides is 1. The second kappa shape index (κ2) is 5.88. The summed E-state index contributed by atoms with van der Waals surface area (Å²) in [6.45, 7) is 0.763. The van der Waals surface area contributed by atoms with Gasteiger partial charge in [0.15, 0.2) is 4.77 Å². The van der Waals surface area contributed by atoms with Crippen molar-refractivity contribution in [3.8, 4) is 5.75 Å². The van der Waals surface area contributed by atoms with Crippen LogP contribution in [0.5, 0.6) is 5.75 Å². The van der Waals surface area contributed by atoms with E-state index in [0.29, 0.717) is 11.2 Å². The Labute approximate surface area is 116 Å². The van der Waals surface area contributed by atoms with Crippen molar-refractivity contribution in [2.45, 2.75) is 25.8 Å². The van der Waals surface area contributed by atoms with Gasteiger partial charge < -0.3 is 20.0 Å². The molecule has 0 radical (unpaired) electrons. The maximum atomic E-state index is 10.7. The highest BCUT2D eigenvalue weighted by Crippen LogP contribution is 2.21. The van der Waals surface area contributed by atoms with Crippen molar-refractivity contribution in [3.05, 3.63) is 23.0 Å².